The third-order valence-electron chi connectivity index (χ3n) is 3.87. The second kappa shape index (κ2) is 7.55. The van der Waals surface area contributed by atoms with Gasteiger partial charge in [-0.3, -0.25) is 4.90 Å². The predicted molar refractivity (Wildman–Crippen MR) is 84.9 cm³/mol. The van der Waals surface area contributed by atoms with Gasteiger partial charge in [-0.15, -0.1) is 16.4 Å². The van der Waals surface area contributed by atoms with Gasteiger partial charge in [-0.05, 0) is 24.3 Å². The number of aromatic nitrogens is 2. The van der Waals surface area contributed by atoms with Gasteiger partial charge in [0.05, 0.1) is 10.9 Å². The van der Waals surface area contributed by atoms with Crippen LogP contribution in [0.1, 0.15) is 19.3 Å². The zero-order valence-corrected chi connectivity index (χ0v) is 13.5. The van der Waals surface area contributed by atoms with Crippen molar-refractivity contribution in [3.8, 4) is 16.8 Å². The molecule has 0 saturated carbocycles. The van der Waals surface area contributed by atoms with Gasteiger partial charge in [0.2, 0.25) is 0 Å². The minimum Gasteiger partial charge on any atom is -0.387 e. The van der Waals surface area contributed by atoms with Crippen molar-refractivity contribution in [2.24, 2.45) is 0 Å². The van der Waals surface area contributed by atoms with Crippen LogP contribution in [0.15, 0.2) is 26.7 Å². The topological polar surface area (TPSA) is 84.3 Å². The minimum atomic E-state index is -0.470. The van der Waals surface area contributed by atoms with Gasteiger partial charge in [-0.2, -0.15) is 9.94 Å². The molecule has 0 atom stereocenters. The van der Waals surface area contributed by atoms with E-state index in [1.54, 1.807) is 0 Å². The van der Waals surface area contributed by atoms with E-state index in [1.165, 1.54) is 16.0 Å². The third-order valence-corrected chi connectivity index (χ3v) is 4.73. The van der Waals surface area contributed by atoms with Crippen LogP contribution in [0.4, 0.5) is 0 Å². The molecule has 0 N–H and O–H groups in total. The second-order valence-corrected chi connectivity index (χ2v) is 6.30. The van der Waals surface area contributed by atoms with E-state index >= 15 is 0 Å². The molecule has 0 radical (unpaired) electrons. The van der Waals surface area contributed by atoms with E-state index in [2.05, 4.69) is 16.1 Å². The van der Waals surface area contributed by atoms with Gasteiger partial charge in [-0.25, -0.2) is 4.79 Å². The zero-order chi connectivity index (χ0) is 16.1. The van der Waals surface area contributed by atoms with Crippen molar-refractivity contribution in [2.45, 2.75) is 32.0 Å². The zero-order valence-electron chi connectivity index (χ0n) is 12.7. The molecule has 2 aromatic rings. The van der Waals surface area contributed by atoms with Crippen molar-refractivity contribution in [3.05, 3.63) is 28.1 Å². The highest BCUT2D eigenvalue weighted by molar-refractivity contribution is 7.13. The van der Waals surface area contributed by atoms with Crippen molar-refractivity contribution >= 4 is 11.3 Å². The highest BCUT2D eigenvalue weighted by Gasteiger charge is 2.23. The summed E-state index contributed by atoms with van der Waals surface area (Å²) >= 11 is 1.48. The fourth-order valence-corrected chi connectivity index (χ4v) is 3.32. The number of thiophene rings is 1. The van der Waals surface area contributed by atoms with E-state index in [4.69, 9.17) is 14.4 Å². The largest absolute Gasteiger partial charge is 0.438 e. The summed E-state index contributed by atoms with van der Waals surface area (Å²) in [6.07, 6.45) is 2.22. The Hall–Kier alpha value is -1.95. The summed E-state index contributed by atoms with van der Waals surface area (Å²) in [5, 5.41) is 15.1. The van der Waals surface area contributed by atoms with E-state index in [0.29, 0.717) is 44.8 Å². The SMILES string of the molecule is N#CCCN(Cn1nc(-c2cccs2)oc1=O)C1CCOCC1. The lowest BCUT2D eigenvalue weighted by Gasteiger charge is -2.33. The number of ether oxygens (including phenoxy) is 1. The molecule has 8 heteroatoms. The molecule has 122 valence electrons. The summed E-state index contributed by atoms with van der Waals surface area (Å²) in [5.74, 6) is -0.125. The first-order valence-electron chi connectivity index (χ1n) is 7.58. The maximum atomic E-state index is 12.0. The van der Waals surface area contributed by atoms with Crippen LogP contribution in [-0.4, -0.2) is 40.5 Å². The molecule has 23 heavy (non-hydrogen) atoms. The highest BCUT2D eigenvalue weighted by Crippen LogP contribution is 2.21. The smallest absolute Gasteiger partial charge is 0.387 e. The van der Waals surface area contributed by atoms with Gasteiger partial charge in [0, 0.05) is 32.2 Å². The quantitative estimate of drug-likeness (QED) is 0.802. The Morgan fingerprint density at radius 3 is 3.00 bits per heavy atom. The summed E-state index contributed by atoms with van der Waals surface area (Å²) in [6.45, 7) is 2.36. The van der Waals surface area contributed by atoms with Crippen molar-refractivity contribution < 1.29 is 9.15 Å². The summed E-state index contributed by atoms with van der Waals surface area (Å²) in [7, 11) is 0. The number of nitriles is 1. The highest BCUT2D eigenvalue weighted by atomic mass is 32.1. The fourth-order valence-electron chi connectivity index (χ4n) is 2.68. The Balaban J connectivity index is 1.76. The molecule has 1 aliphatic heterocycles. The lowest BCUT2D eigenvalue weighted by Crippen LogP contribution is -2.42. The van der Waals surface area contributed by atoms with Crippen LogP contribution in [0.2, 0.25) is 0 Å². The molecule has 7 nitrogen and oxygen atoms in total. The molecule has 0 unspecified atom stereocenters. The lowest BCUT2D eigenvalue weighted by molar-refractivity contribution is 0.0203. The Morgan fingerprint density at radius 2 is 2.30 bits per heavy atom. The van der Waals surface area contributed by atoms with E-state index in [-0.39, 0.29) is 0 Å². The minimum absolute atomic E-state index is 0.297. The van der Waals surface area contributed by atoms with Crippen LogP contribution < -0.4 is 5.76 Å². The average Bonchev–Trinajstić information content (AvgIpc) is 3.22. The van der Waals surface area contributed by atoms with E-state index in [1.807, 2.05) is 17.5 Å². The first kappa shape index (κ1) is 15.9. The van der Waals surface area contributed by atoms with Crippen LogP contribution in [0.25, 0.3) is 10.8 Å². The number of nitrogens with zero attached hydrogens (tertiary/aromatic N) is 4. The number of hydrogen-bond acceptors (Lipinski definition) is 7. The van der Waals surface area contributed by atoms with Crippen molar-refractivity contribution in [3.63, 3.8) is 0 Å². The van der Waals surface area contributed by atoms with Crippen molar-refractivity contribution in [1.82, 2.24) is 14.7 Å². The lowest BCUT2D eigenvalue weighted by atomic mass is 10.1. The Kier molecular flexibility index (Phi) is 5.23. The van der Waals surface area contributed by atoms with Crippen molar-refractivity contribution in [1.29, 1.82) is 5.26 Å². The van der Waals surface area contributed by atoms with Crippen LogP contribution in [-0.2, 0) is 11.4 Å². The van der Waals surface area contributed by atoms with Crippen LogP contribution in [0.3, 0.4) is 0 Å². The first-order chi connectivity index (χ1) is 11.3. The molecule has 0 bridgehead atoms. The maximum absolute atomic E-state index is 12.0. The van der Waals surface area contributed by atoms with Crippen molar-refractivity contribution in [2.75, 3.05) is 19.8 Å². The van der Waals surface area contributed by atoms with Crippen LogP contribution >= 0.6 is 11.3 Å². The van der Waals surface area contributed by atoms with Gasteiger partial charge < -0.3 is 9.15 Å². The molecule has 1 aliphatic rings. The van der Waals surface area contributed by atoms with Gasteiger partial charge >= 0.3 is 5.76 Å². The second-order valence-electron chi connectivity index (χ2n) is 5.36. The molecule has 1 fully saturated rings. The van der Waals surface area contributed by atoms with Gasteiger partial charge in [0.25, 0.3) is 5.89 Å². The molecule has 3 rings (SSSR count). The Bertz CT molecular complexity index is 710. The van der Waals surface area contributed by atoms with Crippen LogP contribution in [0.5, 0.6) is 0 Å². The number of rotatable bonds is 6. The normalized spacial score (nSPS) is 15.8. The van der Waals surface area contributed by atoms with Crippen LogP contribution in [0, 0.1) is 11.3 Å². The molecular weight excluding hydrogens is 316 g/mol. The maximum Gasteiger partial charge on any atom is 0.438 e. The average molecular weight is 334 g/mol. The van der Waals surface area contributed by atoms with Gasteiger partial charge in [0.15, 0.2) is 0 Å². The fraction of sp³-hybridized carbons (Fsp3) is 0.533. The van der Waals surface area contributed by atoms with E-state index in [9.17, 15) is 4.79 Å². The first-order valence-corrected chi connectivity index (χ1v) is 8.46. The summed E-state index contributed by atoms with van der Waals surface area (Å²) in [5.41, 5.74) is 0. The molecule has 0 amide bonds. The summed E-state index contributed by atoms with van der Waals surface area (Å²) in [6, 6.07) is 6.22. The summed E-state index contributed by atoms with van der Waals surface area (Å²) in [4.78, 5) is 15.0. The monoisotopic (exact) mass is 334 g/mol. The molecule has 2 aromatic heterocycles. The third kappa shape index (κ3) is 3.88. The molecule has 3 heterocycles. The van der Waals surface area contributed by atoms with E-state index < -0.39 is 5.76 Å². The molecule has 0 aromatic carbocycles. The molecule has 0 aliphatic carbocycles. The molecule has 0 spiro atoms. The predicted octanol–water partition coefficient (Wildman–Crippen LogP) is 1.92. The van der Waals surface area contributed by atoms with Gasteiger partial charge in [-0.1, -0.05) is 6.07 Å². The summed E-state index contributed by atoms with van der Waals surface area (Å²) < 4.78 is 12.0. The molecule has 1 saturated heterocycles. The standard InChI is InChI=1S/C15H18N4O3S/c16-6-2-7-18(12-4-8-21-9-5-12)11-19-15(20)22-14(17-19)13-3-1-10-23-13/h1,3,10,12H,2,4-5,7-9,11H2. The Morgan fingerprint density at radius 1 is 1.48 bits per heavy atom. The van der Waals surface area contributed by atoms with E-state index in [0.717, 1.165) is 17.7 Å². The van der Waals surface area contributed by atoms with Gasteiger partial charge in [0.1, 0.15) is 6.67 Å². The Labute approximate surface area is 137 Å². The molecular formula is C15H18N4O3S. The number of hydrogen-bond donors (Lipinski definition) is 0.